The summed E-state index contributed by atoms with van der Waals surface area (Å²) in [4.78, 5) is 14.7. The lowest BCUT2D eigenvalue weighted by atomic mass is 9.94. The van der Waals surface area contributed by atoms with Crippen molar-refractivity contribution in [2.24, 2.45) is 11.7 Å². The lowest BCUT2D eigenvalue weighted by Crippen LogP contribution is -2.45. The van der Waals surface area contributed by atoms with Crippen LogP contribution in [0.15, 0.2) is 36.8 Å². The number of fused-ring (bicyclic) bond motifs is 1. The van der Waals surface area contributed by atoms with E-state index >= 15 is 0 Å². The lowest BCUT2D eigenvalue weighted by molar-refractivity contribution is 0.158. The zero-order valence-electron chi connectivity index (χ0n) is 15.4. The number of nitrogens with two attached hydrogens (primary N) is 1. The summed E-state index contributed by atoms with van der Waals surface area (Å²) in [6.45, 7) is 7.27. The SMILES string of the molecule is Cc1ccc(Nc2ncnc3[nH]cc(CN4CC[C@H](N)[C@@H](C)C4)c23)cc1. The van der Waals surface area contributed by atoms with Gasteiger partial charge in [-0.25, -0.2) is 9.97 Å². The Kier molecular flexibility index (Phi) is 4.61. The molecule has 1 aliphatic heterocycles. The molecule has 0 saturated carbocycles. The van der Waals surface area contributed by atoms with E-state index in [0.29, 0.717) is 12.0 Å². The molecule has 2 aromatic heterocycles. The van der Waals surface area contributed by atoms with Crippen molar-refractivity contribution in [1.82, 2.24) is 19.9 Å². The smallest absolute Gasteiger partial charge is 0.143 e. The van der Waals surface area contributed by atoms with Crippen LogP contribution in [0.25, 0.3) is 11.0 Å². The minimum Gasteiger partial charge on any atom is -0.346 e. The molecule has 3 heterocycles. The Balaban J connectivity index is 1.61. The van der Waals surface area contributed by atoms with Gasteiger partial charge in [-0.3, -0.25) is 4.90 Å². The van der Waals surface area contributed by atoms with Crippen LogP contribution in [-0.2, 0) is 6.54 Å². The zero-order valence-corrected chi connectivity index (χ0v) is 15.4. The zero-order chi connectivity index (χ0) is 18.1. The van der Waals surface area contributed by atoms with E-state index in [1.54, 1.807) is 6.33 Å². The number of nitrogens with one attached hydrogen (secondary N) is 2. The van der Waals surface area contributed by atoms with Crippen LogP contribution >= 0.6 is 0 Å². The minimum atomic E-state index is 0.316. The van der Waals surface area contributed by atoms with Crippen molar-refractivity contribution in [3.63, 3.8) is 0 Å². The standard InChI is InChI=1S/C20H26N6/c1-13-3-5-16(6-4-13)25-20-18-15(9-22-19(18)23-12-24-20)11-26-8-7-17(21)14(2)10-26/h3-6,9,12,14,17H,7-8,10-11,21H2,1-2H3,(H2,22,23,24,25)/t14-,17-/m0/s1. The van der Waals surface area contributed by atoms with Crippen molar-refractivity contribution in [2.75, 3.05) is 18.4 Å². The second-order valence-corrected chi connectivity index (χ2v) is 7.42. The first-order valence-electron chi connectivity index (χ1n) is 9.23. The molecule has 3 aromatic rings. The van der Waals surface area contributed by atoms with Gasteiger partial charge in [0.25, 0.3) is 0 Å². The van der Waals surface area contributed by atoms with Crippen LogP contribution in [0.5, 0.6) is 0 Å². The Hall–Kier alpha value is -2.44. The van der Waals surface area contributed by atoms with E-state index in [0.717, 1.165) is 48.6 Å². The molecule has 4 N–H and O–H groups in total. The van der Waals surface area contributed by atoms with Crippen LogP contribution < -0.4 is 11.1 Å². The first-order chi connectivity index (χ1) is 12.6. The summed E-state index contributed by atoms with van der Waals surface area (Å²) < 4.78 is 0. The second-order valence-electron chi connectivity index (χ2n) is 7.42. The maximum Gasteiger partial charge on any atom is 0.143 e. The summed E-state index contributed by atoms with van der Waals surface area (Å²) in [5, 5.41) is 4.51. The summed E-state index contributed by atoms with van der Waals surface area (Å²) in [6.07, 6.45) is 4.70. The summed E-state index contributed by atoms with van der Waals surface area (Å²) in [7, 11) is 0. The maximum absolute atomic E-state index is 6.16. The van der Waals surface area contributed by atoms with Crippen molar-refractivity contribution in [2.45, 2.75) is 32.9 Å². The molecule has 4 rings (SSSR count). The Morgan fingerprint density at radius 3 is 2.85 bits per heavy atom. The number of nitrogens with zero attached hydrogens (tertiary/aromatic N) is 3. The van der Waals surface area contributed by atoms with Gasteiger partial charge in [-0.15, -0.1) is 0 Å². The number of hydrogen-bond acceptors (Lipinski definition) is 5. The fraction of sp³-hybridized carbons (Fsp3) is 0.400. The van der Waals surface area contributed by atoms with Crippen LogP contribution in [-0.4, -0.2) is 39.0 Å². The average Bonchev–Trinajstić information content (AvgIpc) is 3.04. The summed E-state index contributed by atoms with van der Waals surface area (Å²) >= 11 is 0. The molecule has 6 heteroatoms. The third kappa shape index (κ3) is 3.43. The highest BCUT2D eigenvalue weighted by molar-refractivity contribution is 5.92. The van der Waals surface area contributed by atoms with Gasteiger partial charge >= 0.3 is 0 Å². The Morgan fingerprint density at radius 1 is 1.27 bits per heavy atom. The molecular formula is C20H26N6. The normalized spacial score (nSPS) is 21.2. The topological polar surface area (TPSA) is 82.9 Å². The molecule has 0 radical (unpaired) electrons. The number of aryl methyl sites for hydroxylation is 1. The average molecular weight is 350 g/mol. The summed E-state index contributed by atoms with van der Waals surface area (Å²) in [6, 6.07) is 8.65. The monoisotopic (exact) mass is 350 g/mol. The molecule has 0 unspecified atom stereocenters. The molecule has 26 heavy (non-hydrogen) atoms. The highest BCUT2D eigenvalue weighted by Gasteiger charge is 2.24. The third-order valence-electron chi connectivity index (χ3n) is 5.32. The quantitative estimate of drug-likeness (QED) is 0.673. The number of anilines is 2. The number of hydrogen-bond donors (Lipinski definition) is 3. The minimum absolute atomic E-state index is 0.316. The fourth-order valence-electron chi connectivity index (χ4n) is 3.65. The third-order valence-corrected chi connectivity index (χ3v) is 5.32. The van der Waals surface area contributed by atoms with E-state index in [1.165, 1.54) is 11.1 Å². The van der Waals surface area contributed by atoms with E-state index in [-0.39, 0.29) is 0 Å². The van der Waals surface area contributed by atoms with Gasteiger partial charge in [0.1, 0.15) is 17.8 Å². The first-order valence-corrected chi connectivity index (χ1v) is 9.23. The molecule has 0 bridgehead atoms. The Morgan fingerprint density at radius 2 is 2.08 bits per heavy atom. The van der Waals surface area contributed by atoms with E-state index in [2.05, 4.69) is 69.5 Å². The van der Waals surface area contributed by atoms with Crippen LogP contribution in [0, 0.1) is 12.8 Å². The van der Waals surface area contributed by atoms with Crippen molar-refractivity contribution in [3.05, 3.63) is 47.9 Å². The number of aromatic amines is 1. The second kappa shape index (κ2) is 7.05. The van der Waals surface area contributed by atoms with Gasteiger partial charge in [0.15, 0.2) is 0 Å². The highest BCUT2D eigenvalue weighted by atomic mass is 15.1. The molecule has 2 atom stereocenters. The van der Waals surface area contributed by atoms with Crippen molar-refractivity contribution in [3.8, 4) is 0 Å². The first kappa shape index (κ1) is 17.0. The van der Waals surface area contributed by atoms with Gasteiger partial charge in [0, 0.05) is 31.0 Å². The Bertz CT molecular complexity index is 885. The summed E-state index contributed by atoms with van der Waals surface area (Å²) in [5.41, 5.74) is 10.5. The molecule has 0 spiro atoms. The molecule has 136 valence electrons. The molecule has 1 aliphatic rings. The van der Waals surface area contributed by atoms with Gasteiger partial charge in [-0.05, 0) is 43.5 Å². The predicted molar refractivity (Wildman–Crippen MR) is 105 cm³/mol. The highest BCUT2D eigenvalue weighted by Crippen LogP contribution is 2.28. The largest absolute Gasteiger partial charge is 0.346 e. The van der Waals surface area contributed by atoms with Crippen LogP contribution in [0.3, 0.4) is 0 Å². The number of likely N-dealkylation sites (tertiary alicyclic amines) is 1. The fourth-order valence-corrected chi connectivity index (χ4v) is 3.65. The van der Waals surface area contributed by atoms with Crippen molar-refractivity contribution in [1.29, 1.82) is 0 Å². The molecule has 1 fully saturated rings. The Labute approximate surface area is 153 Å². The van der Waals surface area contributed by atoms with E-state index < -0.39 is 0 Å². The van der Waals surface area contributed by atoms with Crippen molar-refractivity contribution < 1.29 is 0 Å². The van der Waals surface area contributed by atoms with Crippen LogP contribution in [0.4, 0.5) is 11.5 Å². The van der Waals surface area contributed by atoms with Gasteiger partial charge < -0.3 is 16.0 Å². The van der Waals surface area contributed by atoms with Crippen LogP contribution in [0.2, 0.25) is 0 Å². The molecule has 6 nitrogen and oxygen atoms in total. The van der Waals surface area contributed by atoms with E-state index in [9.17, 15) is 0 Å². The molecular weight excluding hydrogens is 324 g/mol. The maximum atomic E-state index is 6.16. The van der Waals surface area contributed by atoms with Crippen molar-refractivity contribution >= 4 is 22.5 Å². The molecule has 0 amide bonds. The molecule has 1 aromatic carbocycles. The number of benzene rings is 1. The molecule has 0 aliphatic carbocycles. The number of H-pyrrole nitrogens is 1. The van der Waals surface area contributed by atoms with Gasteiger partial charge in [-0.2, -0.15) is 0 Å². The van der Waals surface area contributed by atoms with Gasteiger partial charge in [-0.1, -0.05) is 24.6 Å². The summed E-state index contributed by atoms with van der Waals surface area (Å²) in [5.74, 6) is 1.37. The predicted octanol–water partition coefficient (Wildman–Crippen LogP) is 3.18. The van der Waals surface area contributed by atoms with Gasteiger partial charge in [0.05, 0.1) is 5.39 Å². The van der Waals surface area contributed by atoms with Crippen LogP contribution in [0.1, 0.15) is 24.5 Å². The number of aromatic nitrogens is 3. The lowest BCUT2D eigenvalue weighted by Gasteiger charge is -2.34. The number of piperidine rings is 1. The molecule has 1 saturated heterocycles. The van der Waals surface area contributed by atoms with Gasteiger partial charge in [0.2, 0.25) is 0 Å². The van der Waals surface area contributed by atoms with E-state index in [1.807, 2.05) is 0 Å². The van der Waals surface area contributed by atoms with E-state index in [4.69, 9.17) is 5.73 Å². The number of rotatable bonds is 4.